The average Bonchev–Trinajstić information content (AvgIpc) is 2.70. The maximum absolute atomic E-state index is 10.6. The molecule has 0 aliphatic carbocycles. The van der Waals surface area contributed by atoms with Gasteiger partial charge < -0.3 is 14.8 Å². The zero-order valence-corrected chi connectivity index (χ0v) is 15.2. The molecule has 0 spiro atoms. The molecule has 0 saturated carbocycles. The Bertz CT molecular complexity index is 870. The minimum atomic E-state index is 0.468. The fraction of sp³-hybridized carbons (Fsp3) is 0.150. The lowest BCUT2D eigenvalue weighted by molar-refractivity contribution is 0.112. The molecular weight excluding hydrogens is 366 g/mol. The second kappa shape index (κ2) is 9.66. The van der Waals surface area contributed by atoms with Gasteiger partial charge in [-0.15, -0.1) is 0 Å². The first-order valence-electron chi connectivity index (χ1n) is 8.36. The number of hydrogen-bond donors (Lipinski definition) is 1. The summed E-state index contributed by atoms with van der Waals surface area (Å²) in [6.07, 6.45) is 2.27. The Morgan fingerprint density at radius 2 is 1.74 bits per heavy atom. The van der Waals surface area contributed by atoms with Crippen LogP contribution in [0.25, 0.3) is 0 Å². The zero-order chi connectivity index (χ0) is 18.9. The van der Waals surface area contributed by atoms with Crippen LogP contribution in [0.1, 0.15) is 16.1 Å². The monoisotopic (exact) mass is 383 g/mol. The molecule has 1 N–H and O–H groups in total. The van der Waals surface area contributed by atoms with Gasteiger partial charge >= 0.3 is 0 Å². The SMILES string of the molecule is O=Cc1ccc(OCCNCc2cc(Oc3ccc(Cl)cc3)ncn2)cc1. The maximum atomic E-state index is 10.6. The summed E-state index contributed by atoms with van der Waals surface area (Å²) in [4.78, 5) is 18.9. The third-order valence-electron chi connectivity index (χ3n) is 3.60. The molecule has 2 aromatic carbocycles. The van der Waals surface area contributed by atoms with E-state index in [0.29, 0.717) is 41.9 Å². The van der Waals surface area contributed by atoms with Gasteiger partial charge in [-0.1, -0.05) is 11.6 Å². The van der Waals surface area contributed by atoms with Crippen molar-refractivity contribution in [3.8, 4) is 17.4 Å². The number of nitrogens with zero attached hydrogens (tertiary/aromatic N) is 2. The smallest absolute Gasteiger partial charge is 0.222 e. The number of rotatable bonds is 9. The molecule has 3 aromatic rings. The highest BCUT2D eigenvalue weighted by Gasteiger charge is 2.02. The first kappa shape index (κ1) is 18.8. The van der Waals surface area contributed by atoms with Crippen molar-refractivity contribution in [1.29, 1.82) is 0 Å². The summed E-state index contributed by atoms with van der Waals surface area (Å²) in [6, 6.07) is 15.8. The highest BCUT2D eigenvalue weighted by molar-refractivity contribution is 6.30. The number of halogens is 1. The van der Waals surface area contributed by atoms with E-state index in [2.05, 4.69) is 15.3 Å². The Morgan fingerprint density at radius 3 is 2.48 bits per heavy atom. The van der Waals surface area contributed by atoms with Crippen molar-refractivity contribution in [1.82, 2.24) is 15.3 Å². The van der Waals surface area contributed by atoms with Gasteiger partial charge in [0, 0.05) is 29.7 Å². The second-order valence-electron chi connectivity index (χ2n) is 5.62. The second-order valence-corrected chi connectivity index (χ2v) is 6.05. The van der Waals surface area contributed by atoms with Crippen molar-refractivity contribution in [2.75, 3.05) is 13.2 Å². The van der Waals surface area contributed by atoms with Crippen LogP contribution >= 0.6 is 11.6 Å². The number of aromatic nitrogens is 2. The van der Waals surface area contributed by atoms with Gasteiger partial charge in [-0.05, 0) is 48.5 Å². The molecule has 0 saturated heterocycles. The first-order chi connectivity index (χ1) is 13.2. The van der Waals surface area contributed by atoms with Crippen LogP contribution in [0.3, 0.4) is 0 Å². The van der Waals surface area contributed by atoms with E-state index < -0.39 is 0 Å². The summed E-state index contributed by atoms with van der Waals surface area (Å²) < 4.78 is 11.3. The molecule has 0 bridgehead atoms. The van der Waals surface area contributed by atoms with Crippen molar-refractivity contribution in [2.45, 2.75) is 6.54 Å². The van der Waals surface area contributed by atoms with Crippen LogP contribution in [-0.4, -0.2) is 29.4 Å². The van der Waals surface area contributed by atoms with Gasteiger partial charge in [0.25, 0.3) is 0 Å². The Balaban J connectivity index is 1.42. The van der Waals surface area contributed by atoms with Gasteiger partial charge in [0.05, 0.1) is 5.69 Å². The number of benzene rings is 2. The molecule has 0 amide bonds. The van der Waals surface area contributed by atoms with Crippen LogP contribution in [0.15, 0.2) is 60.9 Å². The lowest BCUT2D eigenvalue weighted by atomic mass is 10.2. The summed E-state index contributed by atoms with van der Waals surface area (Å²) in [6.45, 7) is 1.71. The largest absolute Gasteiger partial charge is 0.492 e. The number of carbonyl (C=O) groups is 1. The summed E-state index contributed by atoms with van der Waals surface area (Å²) in [5, 5.41) is 3.90. The standard InChI is InChI=1S/C20H18ClN3O3/c21-16-3-7-19(8-4-16)27-20-11-17(23-14-24-20)12-22-9-10-26-18-5-1-15(13-25)2-6-18/h1-8,11,13-14,22H,9-10,12H2. The third-order valence-corrected chi connectivity index (χ3v) is 3.86. The molecule has 0 radical (unpaired) electrons. The van der Waals surface area contributed by atoms with E-state index in [-0.39, 0.29) is 0 Å². The van der Waals surface area contributed by atoms with Crippen LogP contribution in [0.5, 0.6) is 17.4 Å². The highest BCUT2D eigenvalue weighted by atomic mass is 35.5. The van der Waals surface area contributed by atoms with Crippen LogP contribution in [0, 0.1) is 0 Å². The van der Waals surface area contributed by atoms with E-state index in [1.807, 2.05) is 0 Å². The highest BCUT2D eigenvalue weighted by Crippen LogP contribution is 2.21. The molecule has 0 aliphatic rings. The lowest BCUT2D eigenvalue weighted by Gasteiger charge is -2.08. The molecule has 0 fully saturated rings. The topological polar surface area (TPSA) is 73.3 Å². The molecule has 6 nitrogen and oxygen atoms in total. The summed E-state index contributed by atoms with van der Waals surface area (Å²) in [5.74, 6) is 1.85. The van der Waals surface area contributed by atoms with E-state index in [1.54, 1.807) is 54.6 Å². The van der Waals surface area contributed by atoms with Crippen molar-refractivity contribution >= 4 is 17.9 Å². The predicted molar refractivity (Wildman–Crippen MR) is 103 cm³/mol. The molecule has 0 atom stereocenters. The lowest BCUT2D eigenvalue weighted by Crippen LogP contribution is -2.21. The molecule has 0 unspecified atom stereocenters. The summed E-state index contributed by atoms with van der Waals surface area (Å²) >= 11 is 5.86. The Labute approximate surface area is 162 Å². The number of aldehydes is 1. The molecule has 3 rings (SSSR count). The third kappa shape index (κ3) is 6.06. The Hall–Kier alpha value is -2.96. The molecular formula is C20H18ClN3O3. The molecule has 1 heterocycles. The van der Waals surface area contributed by atoms with Gasteiger partial charge in [-0.25, -0.2) is 9.97 Å². The van der Waals surface area contributed by atoms with Crippen LogP contribution in [-0.2, 0) is 6.54 Å². The minimum absolute atomic E-state index is 0.468. The molecule has 27 heavy (non-hydrogen) atoms. The fourth-order valence-electron chi connectivity index (χ4n) is 2.25. The van der Waals surface area contributed by atoms with Crippen molar-refractivity contribution < 1.29 is 14.3 Å². The number of hydrogen-bond acceptors (Lipinski definition) is 6. The summed E-state index contributed by atoms with van der Waals surface area (Å²) in [5.41, 5.74) is 1.44. The fourth-order valence-corrected chi connectivity index (χ4v) is 2.38. The average molecular weight is 384 g/mol. The predicted octanol–water partition coefficient (Wildman–Crippen LogP) is 3.90. The first-order valence-corrected chi connectivity index (χ1v) is 8.74. The molecule has 1 aromatic heterocycles. The molecule has 7 heteroatoms. The van der Waals surface area contributed by atoms with Gasteiger partial charge in [-0.2, -0.15) is 0 Å². The van der Waals surface area contributed by atoms with Gasteiger partial charge in [0.15, 0.2) is 0 Å². The van der Waals surface area contributed by atoms with Gasteiger partial charge in [0.1, 0.15) is 30.7 Å². The van der Waals surface area contributed by atoms with Crippen LogP contribution in [0.4, 0.5) is 0 Å². The van der Waals surface area contributed by atoms with Crippen molar-refractivity contribution in [3.05, 3.63) is 77.2 Å². The number of ether oxygens (including phenoxy) is 2. The Morgan fingerprint density at radius 1 is 1.00 bits per heavy atom. The number of carbonyl (C=O) groups excluding carboxylic acids is 1. The Kier molecular flexibility index (Phi) is 6.73. The zero-order valence-electron chi connectivity index (χ0n) is 14.5. The minimum Gasteiger partial charge on any atom is -0.492 e. The van der Waals surface area contributed by atoms with E-state index >= 15 is 0 Å². The molecule has 0 aliphatic heterocycles. The van der Waals surface area contributed by atoms with Crippen molar-refractivity contribution in [2.24, 2.45) is 0 Å². The maximum Gasteiger partial charge on any atom is 0.222 e. The number of nitrogens with one attached hydrogen (secondary N) is 1. The van der Waals surface area contributed by atoms with Gasteiger partial charge in [-0.3, -0.25) is 4.79 Å². The quantitative estimate of drug-likeness (QED) is 0.446. The van der Waals surface area contributed by atoms with E-state index in [0.717, 1.165) is 17.7 Å². The van der Waals surface area contributed by atoms with Crippen LogP contribution < -0.4 is 14.8 Å². The van der Waals surface area contributed by atoms with Crippen molar-refractivity contribution in [3.63, 3.8) is 0 Å². The van der Waals surface area contributed by atoms with Crippen LogP contribution in [0.2, 0.25) is 5.02 Å². The summed E-state index contributed by atoms with van der Waals surface area (Å²) in [7, 11) is 0. The molecule has 138 valence electrons. The normalized spacial score (nSPS) is 10.4. The van der Waals surface area contributed by atoms with Gasteiger partial charge in [0.2, 0.25) is 5.88 Å². The van der Waals surface area contributed by atoms with E-state index in [4.69, 9.17) is 21.1 Å². The van der Waals surface area contributed by atoms with E-state index in [9.17, 15) is 4.79 Å². The van der Waals surface area contributed by atoms with E-state index in [1.165, 1.54) is 6.33 Å².